The van der Waals surface area contributed by atoms with Gasteiger partial charge in [-0.05, 0) is 55.8 Å². The molecule has 0 aliphatic rings. The summed E-state index contributed by atoms with van der Waals surface area (Å²) in [6.07, 6.45) is -3.94. The number of amides is 1. The smallest absolute Gasteiger partial charge is 0.385 e. The minimum Gasteiger partial charge on any atom is -0.385 e. The van der Waals surface area contributed by atoms with Crippen LogP contribution in [0.3, 0.4) is 0 Å². The second-order valence-corrected chi connectivity index (χ2v) is 9.40. The Bertz CT molecular complexity index is 1140. The third-order valence-electron chi connectivity index (χ3n) is 4.74. The first-order valence-corrected chi connectivity index (χ1v) is 11.8. The number of methoxy groups -OCH3 is 1. The minimum absolute atomic E-state index is 0.00223. The minimum atomic E-state index is -4.63. The zero-order valence-corrected chi connectivity index (χ0v) is 20.5. The van der Waals surface area contributed by atoms with Crippen LogP contribution in [0.2, 0.25) is 10.0 Å². The van der Waals surface area contributed by atoms with Gasteiger partial charge in [-0.3, -0.25) is 4.79 Å². The van der Waals surface area contributed by atoms with E-state index in [1.165, 1.54) is 6.07 Å². The van der Waals surface area contributed by atoms with Gasteiger partial charge in [0, 0.05) is 36.5 Å². The van der Waals surface area contributed by atoms with Crippen LogP contribution in [0.1, 0.15) is 18.9 Å². The number of nitrogens with zero attached hydrogens (tertiary/aromatic N) is 3. The summed E-state index contributed by atoms with van der Waals surface area (Å²) in [5.41, 5.74) is -0.213. The van der Waals surface area contributed by atoms with E-state index in [0.717, 1.165) is 29.5 Å². The molecule has 1 aromatic heterocycles. The third-order valence-corrected chi connectivity index (χ3v) is 6.40. The average molecular weight is 533 g/mol. The van der Waals surface area contributed by atoms with Crippen LogP contribution in [0.25, 0.3) is 11.4 Å². The SMILES string of the molecule is COCCCn1c(S[C@@H](C)C(=O)Nc2ccc(Cl)c(C(F)(F)F)c2)nnc1-c1ccc(Cl)cc1. The fourth-order valence-corrected chi connectivity index (χ4v) is 4.26. The number of anilines is 1. The molecule has 1 heterocycles. The molecular weight excluding hydrogens is 512 g/mol. The molecule has 1 amide bonds. The molecule has 182 valence electrons. The summed E-state index contributed by atoms with van der Waals surface area (Å²) >= 11 is 12.8. The molecule has 0 spiro atoms. The van der Waals surface area contributed by atoms with E-state index < -0.39 is 27.9 Å². The van der Waals surface area contributed by atoms with Crippen molar-refractivity contribution in [1.29, 1.82) is 0 Å². The Balaban J connectivity index is 1.78. The van der Waals surface area contributed by atoms with Crippen molar-refractivity contribution in [2.75, 3.05) is 19.0 Å². The highest BCUT2D eigenvalue weighted by molar-refractivity contribution is 8.00. The molecule has 0 fully saturated rings. The van der Waals surface area contributed by atoms with Crippen molar-refractivity contribution in [2.24, 2.45) is 0 Å². The Morgan fingerprint density at radius 2 is 1.88 bits per heavy atom. The van der Waals surface area contributed by atoms with Gasteiger partial charge in [-0.2, -0.15) is 13.2 Å². The van der Waals surface area contributed by atoms with Gasteiger partial charge in [0.05, 0.1) is 15.8 Å². The Hall–Kier alpha value is -2.27. The molecule has 1 atom stereocenters. The molecule has 0 bridgehead atoms. The van der Waals surface area contributed by atoms with Gasteiger partial charge in [0.2, 0.25) is 5.91 Å². The number of aromatic nitrogens is 3. The zero-order chi connectivity index (χ0) is 24.9. The lowest BCUT2D eigenvalue weighted by molar-refractivity contribution is -0.137. The molecule has 0 radical (unpaired) electrons. The summed E-state index contributed by atoms with van der Waals surface area (Å²) < 4.78 is 46.4. The van der Waals surface area contributed by atoms with Crippen molar-refractivity contribution in [3.05, 3.63) is 58.1 Å². The van der Waals surface area contributed by atoms with Crippen LogP contribution in [-0.2, 0) is 22.3 Å². The van der Waals surface area contributed by atoms with Crippen molar-refractivity contribution in [1.82, 2.24) is 14.8 Å². The molecule has 3 rings (SSSR count). The molecule has 3 aromatic rings. The van der Waals surface area contributed by atoms with E-state index in [2.05, 4.69) is 15.5 Å². The Morgan fingerprint density at radius 1 is 1.18 bits per heavy atom. The van der Waals surface area contributed by atoms with Crippen LogP contribution in [0.4, 0.5) is 18.9 Å². The number of benzene rings is 2. The highest BCUT2D eigenvalue weighted by Crippen LogP contribution is 2.36. The second kappa shape index (κ2) is 11.4. The Morgan fingerprint density at radius 3 is 2.53 bits per heavy atom. The van der Waals surface area contributed by atoms with Gasteiger partial charge in [-0.15, -0.1) is 10.2 Å². The summed E-state index contributed by atoms with van der Waals surface area (Å²) in [7, 11) is 1.61. The van der Waals surface area contributed by atoms with Crippen LogP contribution in [-0.4, -0.2) is 39.6 Å². The fourth-order valence-electron chi connectivity index (χ4n) is 3.03. The number of hydrogen-bond acceptors (Lipinski definition) is 5. The number of rotatable bonds is 9. The van der Waals surface area contributed by atoms with Crippen molar-refractivity contribution >= 4 is 46.6 Å². The summed E-state index contributed by atoms with van der Waals surface area (Å²) in [5.74, 6) is 0.121. The van der Waals surface area contributed by atoms with Crippen LogP contribution >= 0.6 is 35.0 Å². The van der Waals surface area contributed by atoms with E-state index >= 15 is 0 Å². The molecule has 34 heavy (non-hydrogen) atoms. The maximum Gasteiger partial charge on any atom is 0.417 e. The highest BCUT2D eigenvalue weighted by Gasteiger charge is 2.33. The van der Waals surface area contributed by atoms with Crippen molar-refractivity contribution < 1.29 is 22.7 Å². The lowest BCUT2D eigenvalue weighted by Gasteiger charge is -2.15. The number of hydrogen-bond donors (Lipinski definition) is 1. The normalized spacial score (nSPS) is 12.6. The third kappa shape index (κ3) is 6.65. The molecule has 0 unspecified atom stereocenters. The van der Waals surface area contributed by atoms with E-state index in [9.17, 15) is 18.0 Å². The average Bonchev–Trinajstić information content (AvgIpc) is 3.17. The molecule has 2 aromatic carbocycles. The number of alkyl halides is 3. The molecule has 1 N–H and O–H groups in total. The van der Waals surface area contributed by atoms with Crippen molar-refractivity contribution in [3.8, 4) is 11.4 Å². The summed E-state index contributed by atoms with van der Waals surface area (Å²) in [6, 6.07) is 10.4. The molecular formula is C22H21Cl2F3N4O2S. The maximum absolute atomic E-state index is 13.1. The fraction of sp³-hybridized carbons (Fsp3) is 0.318. The number of carbonyl (C=O) groups is 1. The number of halogens is 5. The quantitative estimate of drug-likeness (QED) is 0.254. The molecule has 0 saturated carbocycles. The van der Waals surface area contributed by atoms with E-state index in [1.807, 2.05) is 16.7 Å². The maximum atomic E-state index is 13.1. The van der Waals surface area contributed by atoms with Gasteiger partial charge in [0.1, 0.15) is 0 Å². The number of nitrogens with one attached hydrogen (secondary N) is 1. The summed E-state index contributed by atoms with van der Waals surface area (Å²) in [5, 5.41) is 11.0. The predicted octanol–water partition coefficient (Wildman–Crippen LogP) is 6.43. The Labute approximate surface area is 208 Å². The number of carbonyl (C=O) groups excluding carboxylic acids is 1. The van der Waals surface area contributed by atoms with Crippen molar-refractivity contribution in [3.63, 3.8) is 0 Å². The van der Waals surface area contributed by atoms with E-state index in [-0.39, 0.29) is 5.69 Å². The topological polar surface area (TPSA) is 69.0 Å². The Kier molecular flexibility index (Phi) is 8.86. The van der Waals surface area contributed by atoms with Gasteiger partial charge in [-0.25, -0.2) is 0 Å². The van der Waals surface area contributed by atoms with E-state index in [1.54, 1.807) is 26.2 Å². The zero-order valence-electron chi connectivity index (χ0n) is 18.2. The van der Waals surface area contributed by atoms with Crippen molar-refractivity contribution in [2.45, 2.75) is 36.5 Å². The lowest BCUT2D eigenvalue weighted by Crippen LogP contribution is -2.23. The first-order valence-electron chi connectivity index (χ1n) is 10.1. The highest BCUT2D eigenvalue weighted by atomic mass is 35.5. The van der Waals surface area contributed by atoms with Gasteiger partial charge < -0.3 is 14.6 Å². The predicted molar refractivity (Wildman–Crippen MR) is 127 cm³/mol. The first-order chi connectivity index (χ1) is 16.1. The van der Waals surface area contributed by atoms with Gasteiger partial charge in [-0.1, -0.05) is 35.0 Å². The largest absolute Gasteiger partial charge is 0.417 e. The van der Waals surface area contributed by atoms with Gasteiger partial charge in [0.15, 0.2) is 11.0 Å². The van der Waals surface area contributed by atoms with E-state index in [4.69, 9.17) is 27.9 Å². The molecule has 0 aliphatic carbocycles. The number of ether oxygens (including phenoxy) is 1. The molecule has 12 heteroatoms. The monoisotopic (exact) mass is 532 g/mol. The van der Waals surface area contributed by atoms with Crippen LogP contribution in [0, 0.1) is 0 Å². The van der Waals surface area contributed by atoms with E-state index in [0.29, 0.717) is 35.6 Å². The molecule has 6 nitrogen and oxygen atoms in total. The standard InChI is InChI=1S/C22H21Cl2F3N4O2S/c1-13(20(32)28-16-8-9-18(24)17(12-16)22(25,26)27)34-21-30-29-19(31(21)10-3-11-33-2)14-4-6-15(23)7-5-14/h4-9,12-13H,3,10-11H2,1-2H3,(H,28,32)/t13-/m0/s1. The summed E-state index contributed by atoms with van der Waals surface area (Å²) in [6.45, 7) is 2.70. The lowest BCUT2D eigenvalue weighted by atomic mass is 10.2. The van der Waals surface area contributed by atoms with Crippen LogP contribution < -0.4 is 5.32 Å². The van der Waals surface area contributed by atoms with Gasteiger partial charge in [0.25, 0.3) is 0 Å². The molecule has 0 saturated heterocycles. The first kappa shape index (κ1) is 26.3. The van der Waals surface area contributed by atoms with Crippen LogP contribution in [0.5, 0.6) is 0 Å². The van der Waals surface area contributed by atoms with Gasteiger partial charge >= 0.3 is 6.18 Å². The molecule has 0 aliphatic heterocycles. The van der Waals surface area contributed by atoms with Crippen LogP contribution in [0.15, 0.2) is 47.6 Å². The summed E-state index contributed by atoms with van der Waals surface area (Å²) in [4.78, 5) is 12.7. The second-order valence-electron chi connectivity index (χ2n) is 7.25. The number of thioether (sulfide) groups is 1.